The van der Waals surface area contributed by atoms with Crippen molar-refractivity contribution in [1.82, 2.24) is 4.90 Å². The van der Waals surface area contributed by atoms with Gasteiger partial charge in [-0.1, -0.05) is 12.1 Å². The van der Waals surface area contributed by atoms with Crippen LogP contribution in [0.5, 0.6) is 0 Å². The van der Waals surface area contributed by atoms with Crippen LogP contribution in [0.3, 0.4) is 0 Å². The molecule has 5 heteroatoms. The lowest BCUT2D eigenvalue weighted by atomic mass is 10.1. The summed E-state index contributed by atoms with van der Waals surface area (Å²) in [6, 6.07) is 12.3. The van der Waals surface area contributed by atoms with E-state index in [1.54, 1.807) is 0 Å². The monoisotopic (exact) mass is 403 g/mol. The average molecular weight is 404 g/mol. The van der Waals surface area contributed by atoms with E-state index in [9.17, 15) is 9.59 Å². The summed E-state index contributed by atoms with van der Waals surface area (Å²) in [5.41, 5.74) is 6.78. The highest BCUT2D eigenvalue weighted by molar-refractivity contribution is 6.00. The molecule has 5 rings (SSSR count). The quantitative estimate of drug-likeness (QED) is 0.787. The summed E-state index contributed by atoms with van der Waals surface area (Å²) < 4.78 is 0. The molecule has 2 aliphatic heterocycles. The Morgan fingerprint density at radius 3 is 2.40 bits per heavy atom. The number of benzene rings is 2. The topological polar surface area (TPSA) is 43.9 Å². The Morgan fingerprint density at radius 1 is 0.900 bits per heavy atom. The van der Waals surface area contributed by atoms with Crippen LogP contribution in [0.4, 0.5) is 11.4 Å². The summed E-state index contributed by atoms with van der Waals surface area (Å²) in [5.74, 6) is 0.589. The molecule has 156 valence electrons. The third-order valence-corrected chi connectivity index (χ3v) is 6.90. The molecule has 2 amide bonds. The lowest BCUT2D eigenvalue weighted by Gasteiger charge is -2.37. The maximum Gasteiger partial charge on any atom is 0.253 e. The summed E-state index contributed by atoms with van der Waals surface area (Å²) >= 11 is 0. The van der Waals surface area contributed by atoms with Gasteiger partial charge in [-0.2, -0.15) is 0 Å². The molecule has 3 aliphatic rings. The third kappa shape index (κ3) is 3.36. The van der Waals surface area contributed by atoms with E-state index in [2.05, 4.69) is 36.9 Å². The van der Waals surface area contributed by atoms with Crippen molar-refractivity contribution in [2.75, 3.05) is 42.5 Å². The molecule has 0 atom stereocenters. The Labute approximate surface area is 178 Å². The summed E-state index contributed by atoms with van der Waals surface area (Å²) in [5, 5.41) is 0. The number of carbonyl (C=O) groups excluding carboxylic acids is 2. The van der Waals surface area contributed by atoms with E-state index in [1.165, 1.54) is 16.8 Å². The molecule has 2 aromatic rings. The van der Waals surface area contributed by atoms with Crippen molar-refractivity contribution in [3.63, 3.8) is 0 Å². The van der Waals surface area contributed by atoms with Crippen molar-refractivity contribution in [2.45, 2.75) is 33.1 Å². The first-order chi connectivity index (χ1) is 14.5. The van der Waals surface area contributed by atoms with Crippen LogP contribution in [0.25, 0.3) is 0 Å². The number of nitrogens with zero attached hydrogens (tertiary/aromatic N) is 3. The van der Waals surface area contributed by atoms with E-state index in [4.69, 9.17) is 0 Å². The molecule has 0 N–H and O–H groups in total. The molecular weight excluding hydrogens is 374 g/mol. The third-order valence-electron chi connectivity index (χ3n) is 6.90. The lowest BCUT2D eigenvalue weighted by Crippen LogP contribution is -2.49. The van der Waals surface area contributed by atoms with Gasteiger partial charge in [0.25, 0.3) is 5.91 Å². The minimum atomic E-state index is 0.102. The Hall–Kier alpha value is -2.82. The Kier molecular flexibility index (Phi) is 4.76. The van der Waals surface area contributed by atoms with Gasteiger partial charge in [-0.3, -0.25) is 9.59 Å². The zero-order chi connectivity index (χ0) is 20.8. The molecule has 2 heterocycles. The van der Waals surface area contributed by atoms with Gasteiger partial charge in [0, 0.05) is 55.6 Å². The zero-order valence-electron chi connectivity index (χ0n) is 17.9. The lowest BCUT2D eigenvalue weighted by molar-refractivity contribution is -0.119. The van der Waals surface area contributed by atoms with E-state index >= 15 is 0 Å². The second kappa shape index (κ2) is 7.46. The molecule has 0 aromatic heterocycles. The molecule has 0 unspecified atom stereocenters. The fraction of sp³-hybridized carbons (Fsp3) is 0.440. The van der Waals surface area contributed by atoms with Crippen molar-refractivity contribution in [3.05, 3.63) is 58.7 Å². The fourth-order valence-corrected chi connectivity index (χ4v) is 4.73. The van der Waals surface area contributed by atoms with Gasteiger partial charge in [-0.25, -0.2) is 0 Å². The van der Waals surface area contributed by atoms with Gasteiger partial charge >= 0.3 is 0 Å². The van der Waals surface area contributed by atoms with E-state index in [0.717, 1.165) is 68.8 Å². The number of anilines is 2. The van der Waals surface area contributed by atoms with Gasteiger partial charge in [0.15, 0.2) is 0 Å². The summed E-state index contributed by atoms with van der Waals surface area (Å²) in [6.45, 7) is 8.23. The number of piperazine rings is 1. The van der Waals surface area contributed by atoms with Crippen molar-refractivity contribution in [3.8, 4) is 0 Å². The van der Waals surface area contributed by atoms with Crippen molar-refractivity contribution in [2.24, 2.45) is 5.92 Å². The highest BCUT2D eigenvalue weighted by Gasteiger charge is 2.36. The minimum absolute atomic E-state index is 0.102. The maximum absolute atomic E-state index is 13.1. The van der Waals surface area contributed by atoms with Crippen LogP contribution in [0, 0.1) is 19.8 Å². The number of amides is 2. The van der Waals surface area contributed by atoms with Crippen LogP contribution < -0.4 is 9.80 Å². The Morgan fingerprint density at radius 2 is 1.67 bits per heavy atom. The molecule has 0 spiro atoms. The average Bonchev–Trinajstić information content (AvgIpc) is 3.54. The number of fused-ring (bicyclic) bond motifs is 1. The molecule has 1 saturated heterocycles. The number of hydrogen-bond acceptors (Lipinski definition) is 3. The molecule has 1 aliphatic carbocycles. The molecule has 0 bridgehead atoms. The molecule has 5 nitrogen and oxygen atoms in total. The van der Waals surface area contributed by atoms with Crippen molar-refractivity contribution < 1.29 is 9.59 Å². The second-order valence-electron chi connectivity index (χ2n) is 8.86. The van der Waals surface area contributed by atoms with Gasteiger partial charge in [0.05, 0.1) is 0 Å². The normalized spacial score (nSPS) is 18.5. The van der Waals surface area contributed by atoms with Crippen LogP contribution in [0.1, 0.15) is 39.9 Å². The van der Waals surface area contributed by atoms with Crippen LogP contribution >= 0.6 is 0 Å². The highest BCUT2D eigenvalue weighted by atomic mass is 16.2. The van der Waals surface area contributed by atoms with E-state index in [-0.39, 0.29) is 17.7 Å². The highest BCUT2D eigenvalue weighted by Crippen LogP contribution is 2.37. The molecule has 30 heavy (non-hydrogen) atoms. The van der Waals surface area contributed by atoms with Crippen LogP contribution in [0.15, 0.2) is 36.4 Å². The number of aryl methyl sites for hydroxylation is 1. The van der Waals surface area contributed by atoms with Crippen molar-refractivity contribution >= 4 is 23.2 Å². The first-order valence-corrected chi connectivity index (χ1v) is 11.1. The van der Waals surface area contributed by atoms with Crippen LogP contribution in [-0.2, 0) is 11.2 Å². The number of carbonyl (C=O) groups is 2. The van der Waals surface area contributed by atoms with Gasteiger partial charge < -0.3 is 14.7 Å². The zero-order valence-corrected chi connectivity index (χ0v) is 17.9. The Bertz CT molecular complexity index is 1000. The smallest absolute Gasteiger partial charge is 0.253 e. The molecule has 1 saturated carbocycles. The van der Waals surface area contributed by atoms with Gasteiger partial charge in [-0.05, 0) is 74.1 Å². The maximum atomic E-state index is 13.1. The summed E-state index contributed by atoms with van der Waals surface area (Å²) in [6.07, 6.45) is 2.89. The van der Waals surface area contributed by atoms with Crippen LogP contribution in [-0.4, -0.2) is 49.4 Å². The predicted molar refractivity (Wildman–Crippen MR) is 119 cm³/mol. The minimum Gasteiger partial charge on any atom is -0.368 e. The Balaban J connectivity index is 1.26. The van der Waals surface area contributed by atoms with Gasteiger partial charge in [0.1, 0.15) is 0 Å². The fourth-order valence-electron chi connectivity index (χ4n) is 4.73. The number of hydrogen-bond donors (Lipinski definition) is 0. The van der Waals surface area contributed by atoms with E-state index < -0.39 is 0 Å². The molecule has 2 fully saturated rings. The second-order valence-corrected chi connectivity index (χ2v) is 8.86. The predicted octanol–water partition coefficient (Wildman–Crippen LogP) is 3.56. The summed E-state index contributed by atoms with van der Waals surface area (Å²) in [4.78, 5) is 31.9. The van der Waals surface area contributed by atoms with Gasteiger partial charge in [-0.15, -0.1) is 0 Å². The van der Waals surface area contributed by atoms with Gasteiger partial charge in [0.2, 0.25) is 5.91 Å². The SMILES string of the molecule is Cc1cccc(N2CCN(C(=O)c3ccc4c(c3)CCN4C(=O)C3CC3)CC2)c1C. The first kappa shape index (κ1) is 19.2. The summed E-state index contributed by atoms with van der Waals surface area (Å²) in [7, 11) is 0. The molecule has 0 radical (unpaired) electrons. The van der Waals surface area contributed by atoms with E-state index in [0.29, 0.717) is 0 Å². The van der Waals surface area contributed by atoms with Crippen LogP contribution in [0.2, 0.25) is 0 Å². The number of rotatable bonds is 3. The largest absolute Gasteiger partial charge is 0.368 e. The standard InChI is InChI=1S/C25H29N3O2/c1-17-4-3-5-22(18(17)2)26-12-14-27(15-13-26)24(29)21-8-9-23-20(16-21)10-11-28(23)25(30)19-6-7-19/h3-5,8-9,16,19H,6-7,10-15H2,1-2H3. The first-order valence-electron chi connectivity index (χ1n) is 11.1. The molecular formula is C25H29N3O2. The molecule has 2 aromatic carbocycles. The van der Waals surface area contributed by atoms with E-state index in [1.807, 2.05) is 28.0 Å². The van der Waals surface area contributed by atoms with Crippen molar-refractivity contribution in [1.29, 1.82) is 0 Å².